The van der Waals surface area contributed by atoms with E-state index in [0.29, 0.717) is 11.5 Å². The fourth-order valence-corrected chi connectivity index (χ4v) is 4.21. The van der Waals surface area contributed by atoms with Crippen LogP contribution in [0.2, 0.25) is 0 Å². The summed E-state index contributed by atoms with van der Waals surface area (Å²) in [7, 11) is 0. The second-order valence-corrected chi connectivity index (χ2v) is 9.79. The van der Waals surface area contributed by atoms with Gasteiger partial charge in [-0.05, 0) is 68.6 Å². The zero-order valence-corrected chi connectivity index (χ0v) is 20.2. The molecule has 4 heterocycles. The molecule has 4 aromatic heterocycles. The highest BCUT2D eigenvalue weighted by Crippen LogP contribution is 2.28. The lowest BCUT2D eigenvalue weighted by molar-refractivity contribution is -0.143. The first-order chi connectivity index (χ1) is 16.2. The Morgan fingerprint density at radius 2 is 2.03 bits per heavy atom. The highest BCUT2D eigenvalue weighted by molar-refractivity contribution is 7.10. The van der Waals surface area contributed by atoms with Crippen LogP contribution >= 0.6 is 11.3 Å². The molecule has 0 aliphatic carbocycles. The van der Waals surface area contributed by atoms with E-state index in [-0.39, 0.29) is 30.7 Å². The molecule has 2 amide bonds. The van der Waals surface area contributed by atoms with Crippen LogP contribution < -0.4 is 5.32 Å². The minimum Gasteiger partial charge on any atom is -0.467 e. The van der Waals surface area contributed by atoms with Crippen molar-refractivity contribution in [1.82, 2.24) is 30.4 Å². The number of rotatable bonds is 8. The number of hydrogen-bond donors (Lipinski definition) is 1. The van der Waals surface area contributed by atoms with E-state index < -0.39 is 11.6 Å². The minimum absolute atomic E-state index is 0.102. The summed E-state index contributed by atoms with van der Waals surface area (Å²) in [6, 6.07) is 9.88. The molecule has 0 bridgehead atoms. The van der Waals surface area contributed by atoms with E-state index in [1.54, 1.807) is 24.3 Å². The van der Waals surface area contributed by atoms with Gasteiger partial charge < -0.3 is 19.1 Å². The number of aryl methyl sites for hydroxylation is 1. The Morgan fingerprint density at radius 3 is 2.65 bits per heavy atom. The molecule has 0 aliphatic heterocycles. The van der Waals surface area contributed by atoms with E-state index in [2.05, 4.69) is 20.7 Å². The quantitative estimate of drug-likeness (QED) is 0.408. The Morgan fingerprint density at radius 1 is 1.21 bits per heavy atom. The van der Waals surface area contributed by atoms with Crippen LogP contribution in [0.1, 0.15) is 43.2 Å². The van der Waals surface area contributed by atoms with Crippen molar-refractivity contribution in [2.24, 2.45) is 0 Å². The second-order valence-electron chi connectivity index (χ2n) is 8.81. The number of carbonyl (C=O) groups is 2. The van der Waals surface area contributed by atoms with Crippen LogP contribution in [-0.4, -0.2) is 42.5 Å². The van der Waals surface area contributed by atoms with Gasteiger partial charge in [0.25, 0.3) is 0 Å². The maximum atomic E-state index is 13.6. The van der Waals surface area contributed by atoms with Gasteiger partial charge in [0.15, 0.2) is 5.76 Å². The van der Waals surface area contributed by atoms with Crippen molar-refractivity contribution in [3.63, 3.8) is 0 Å². The van der Waals surface area contributed by atoms with Gasteiger partial charge in [-0.3, -0.25) is 9.59 Å². The molecule has 0 unspecified atom stereocenters. The molecule has 10 nitrogen and oxygen atoms in total. The molecule has 4 aromatic rings. The monoisotopic (exact) mass is 482 g/mol. The first-order valence-electron chi connectivity index (χ1n) is 10.7. The summed E-state index contributed by atoms with van der Waals surface area (Å²) in [5.74, 6) is 1.36. The van der Waals surface area contributed by atoms with Crippen LogP contribution in [0.5, 0.6) is 0 Å². The van der Waals surface area contributed by atoms with Gasteiger partial charge >= 0.3 is 0 Å². The van der Waals surface area contributed by atoms with Gasteiger partial charge in [0, 0.05) is 10.4 Å². The van der Waals surface area contributed by atoms with Crippen molar-refractivity contribution in [3.05, 3.63) is 64.4 Å². The fourth-order valence-electron chi connectivity index (χ4n) is 3.38. The number of carbonyl (C=O) groups excluding carboxylic acids is 2. The number of aromatic nitrogens is 4. The third-order valence-electron chi connectivity index (χ3n) is 4.79. The van der Waals surface area contributed by atoms with Crippen LogP contribution in [0.4, 0.5) is 0 Å². The van der Waals surface area contributed by atoms with E-state index in [1.165, 1.54) is 27.3 Å². The fraction of sp³-hybridized carbons (Fsp3) is 0.348. The largest absolute Gasteiger partial charge is 0.467 e. The topological polar surface area (TPSA) is 119 Å². The molecular formula is C23H26N6O4S. The molecule has 0 aromatic carbocycles. The predicted octanol–water partition coefficient (Wildman–Crippen LogP) is 3.58. The summed E-state index contributed by atoms with van der Waals surface area (Å²) < 4.78 is 11.0. The number of nitrogens with zero attached hydrogens (tertiary/aromatic N) is 5. The highest BCUT2D eigenvalue weighted by Gasteiger charge is 2.35. The van der Waals surface area contributed by atoms with Gasteiger partial charge in [-0.2, -0.15) is 4.80 Å². The van der Waals surface area contributed by atoms with Crippen molar-refractivity contribution in [1.29, 1.82) is 0 Å². The van der Waals surface area contributed by atoms with Gasteiger partial charge in [-0.1, -0.05) is 6.07 Å². The summed E-state index contributed by atoms with van der Waals surface area (Å²) in [4.78, 5) is 30.3. The van der Waals surface area contributed by atoms with Gasteiger partial charge in [0.05, 0.1) is 12.8 Å². The zero-order chi connectivity index (χ0) is 24.3. The summed E-state index contributed by atoms with van der Waals surface area (Å²) in [6.07, 6.45) is 1.53. The number of furan rings is 2. The van der Waals surface area contributed by atoms with E-state index in [4.69, 9.17) is 8.83 Å². The van der Waals surface area contributed by atoms with Crippen LogP contribution in [0.3, 0.4) is 0 Å². The molecule has 0 saturated heterocycles. The average molecular weight is 483 g/mol. The molecule has 0 saturated carbocycles. The van der Waals surface area contributed by atoms with Gasteiger partial charge in [0.1, 0.15) is 24.1 Å². The Balaban J connectivity index is 1.63. The Bertz CT molecular complexity index is 1240. The summed E-state index contributed by atoms with van der Waals surface area (Å²) in [5, 5.41) is 17.1. The number of thiophene rings is 1. The van der Waals surface area contributed by atoms with Crippen molar-refractivity contribution >= 4 is 23.2 Å². The first-order valence-corrected chi connectivity index (χ1v) is 11.6. The van der Waals surface area contributed by atoms with Gasteiger partial charge in [-0.15, -0.1) is 21.5 Å². The normalized spacial score (nSPS) is 12.5. The Labute approximate surface area is 200 Å². The zero-order valence-electron chi connectivity index (χ0n) is 19.4. The predicted molar refractivity (Wildman–Crippen MR) is 124 cm³/mol. The van der Waals surface area contributed by atoms with E-state index in [0.717, 1.165) is 10.6 Å². The number of amides is 2. The molecule has 1 N–H and O–H groups in total. The minimum atomic E-state index is -0.854. The van der Waals surface area contributed by atoms with Crippen molar-refractivity contribution in [2.75, 3.05) is 0 Å². The molecule has 0 radical (unpaired) electrons. The SMILES string of the molecule is Cc1ccc(-c2nnn(CC(=O)N(Cc3ccco3)[C@@H](C(=O)NC(C)(C)C)c3cccs3)n2)o1. The van der Waals surface area contributed by atoms with Crippen LogP contribution in [0.15, 0.2) is 56.9 Å². The van der Waals surface area contributed by atoms with Crippen molar-refractivity contribution < 1.29 is 18.4 Å². The second kappa shape index (κ2) is 9.64. The lowest BCUT2D eigenvalue weighted by Crippen LogP contribution is -2.49. The van der Waals surface area contributed by atoms with Gasteiger partial charge in [0.2, 0.25) is 17.6 Å². The van der Waals surface area contributed by atoms with E-state index in [9.17, 15) is 9.59 Å². The standard InChI is InChI=1S/C23H26N6O4S/c1-15-9-10-17(33-15)21-25-27-29(26-21)14-19(30)28(13-16-7-5-11-32-16)20(18-8-6-12-34-18)22(31)24-23(2,3)4/h5-12,20H,13-14H2,1-4H3,(H,24,31)/t20-/m1/s1. The molecule has 34 heavy (non-hydrogen) atoms. The van der Waals surface area contributed by atoms with Crippen molar-refractivity contribution in [3.8, 4) is 11.6 Å². The lowest BCUT2D eigenvalue weighted by atomic mass is 10.1. The number of hydrogen-bond acceptors (Lipinski definition) is 8. The molecule has 178 valence electrons. The third kappa shape index (κ3) is 5.60. The smallest absolute Gasteiger partial charge is 0.248 e. The number of tetrazole rings is 1. The molecule has 11 heteroatoms. The number of nitrogens with one attached hydrogen (secondary N) is 1. The lowest BCUT2D eigenvalue weighted by Gasteiger charge is -2.32. The maximum absolute atomic E-state index is 13.6. The average Bonchev–Trinajstić information content (AvgIpc) is 3.55. The van der Waals surface area contributed by atoms with Crippen LogP contribution in [0.25, 0.3) is 11.6 Å². The van der Waals surface area contributed by atoms with Crippen LogP contribution in [0, 0.1) is 6.92 Å². The summed E-state index contributed by atoms with van der Waals surface area (Å²) >= 11 is 1.41. The van der Waals surface area contributed by atoms with Crippen molar-refractivity contribution in [2.45, 2.75) is 52.4 Å². The first kappa shape index (κ1) is 23.4. The molecule has 0 spiro atoms. The molecule has 0 fully saturated rings. The summed E-state index contributed by atoms with van der Waals surface area (Å²) in [6.45, 7) is 7.39. The van der Waals surface area contributed by atoms with Crippen LogP contribution in [-0.2, 0) is 22.7 Å². The Kier molecular flexibility index (Phi) is 6.64. The maximum Gasteiger partial charge on any atom is 0.248 e. The Hall–Kier alpha value is -3.73. The third-order valence-corrected chi connectivity index (χ3v) is 5.71. The molecule has 0 aliphatic rings. The van der Waals surface area contributed by atoms with E-state index >= 15 is 0 Å². The van der Waals surface area contributed by atoms with E-state index in [1.807, 2.05) is 45.2 Å². The molecule has 4 rings (SSSR count). The molecule has 1 atom stereocenters. The summed E-state index contributed by atoms with van der Waals surface area (Å²) in [5.41, 5.74) is -0.477. The van der Waals surface area contributed by atoms with Gasteiger partial charge in [-0.25, -0.2) is 0 Å². The molecular weight excluding hydrogens is 456 g/mol. The highest BCUT2D eigenvalue weighted by atomic mass is 32.1.